The Kier molecular flexibility index (Phi) is 4.85. The molecule has 3 rings (SSSR count). The van der Waals surface area contributed by atoms with Crippen LogP contribution in [-0.2, 0) is 4.79 Å². The van der Waals surface area contributed by atoms with Crippen LogP contribution in [-0.4, -0.2) is 61.5 Å². The summed E-state index contributed by atoms with van der Waals surface area (Å²) < 4.78 is 0. The van der Waals surface area contributed by atoms with Gasteiger partial charge in [0.25, 0.3) is 0 Å². The molecule has 0 radical (unpaired) electrons. The van der Waals surface area contributed by atoms with Crippen molar-refractivity contribution in [1.82, 2.24) is 15.1 Å². The molecule has 21 heavy (non-hydrogen) atoms. The van der Waals surface area contributed by atoms with Crippen molar-refractivity contribution in [3.05, 3.63) is 0 Å². The molecule has 120 valence electrons. The number of rotatable bonds is 3. The van der Waals surface area contributed by atoms with Crippen LogP contribution in [0.15, 0.2) is 0 Å². The second-order valence-electron chi connectivity index (χ2n) is 7.48. The van der Waals surface area contributed by atoms with Crippen molar-refractivity contribution in [2.45, 2.75) is 57.4 Å². The average molecular weight is 293 g/mol. The highest BCUT2D eigenvalue weighted by Crippen LogP contribution is 2.49. The van der Waals surface area contributed by atoms with Gasteiger partial charge in [-0.15, -0.1) is 0 Å². The molecule has 3 fully saturated rings. The molecule has 0 aromatic carbocycles. The average Bonchev–Trinajstić information content (AvgIpc) is 2.97. The standard InChI is InChI=1S/C17H31N3O/c1-19(14-16(21)20-12-10-18-11-13-20)15-4-8-17(9-5-15)6-2-3-7-17/h15,18H,2-14H2,1H3. The molecule has 4 nitrogen and oxygen atoms in total. The smallest absolute Gasteiger partial charge is 0.236 e. The lowest BCUT2D eigenvalue weighted by molar-refractivity contribution is -0.133. The van der Waals surface area contributed by atoms with Crippen molar-refractivity contribution >= 4 is 5.91 Å². The maximum atomic E-state index is 12.4. The third-order valence-electron chi connectivity index (χ3n) is 6.16. The minimum atomic E-state index is 0.320. The Morgan fingerprint density at radius 1 is 1.14 bits per heavy atom. The van der Waals surface area contributed by atoms with Crippen molar-refractivity contribution in [3.63, 3.8) is 0 Å². The summed E-state index contributed by atoms with van der Waals surface area (Å²) in [6.45, 7) is 4.25. The number of nitrogens with zero attached hydrogens (tertiary/aromatic N) is 2. The first-order chi connectivity index (χ1) is 10.2. The molecule has 0 aromatic rings. The highest BCUT2D eigenvalue weighted by Gasteiger charge is 2.38. The number of carbonyl (C=O) groups excluding carboxylic acids is 1. The van der Waals surface area contributed by atoms with Gasteiger partial charge in [-0.25, -0.2) is 0 Å². The van der Waals surface area contributed by atoms with E-state index in [0.29, 0.717) is 23.9 Å². The van der Waals surface area contributed by atoms with Crippen LogP contribution >= 0.6 is 0 Å². The number of amides is 1. The van der Waals surface area contributed by atoms with Crippen LogP contribution in [0.5, 0.6) is 0 Å². The molecule has 2 aliphatic carbocycles. The molecule has 1 amide bonds. The van der Waals surface area contributed by atoms with E-state index in [0.717, 1.165) is 26.2 Å². The molecule has 1 aliphatic heterocycles. The fourth-order valence-corrected chi connectivity index (χ4v) is 4.64. The zero-order valence-electron chi connectivity index (χ0n) is 13.6. The van der Waals surface area contributed by atoms with Crippen molar-refractivity contribution < 1.29 is 4.79 Å². The summed E-state index contributed by atoms with van der Waals surface area (Å²) in [6, 6.07) is 0.628. The van der Waals surface area contributed by atoms with Gasteiger partial charge in [0.05, 0.1) is 6.54 Å². The topological polar surface area (TPSA) is 35.6 Å². The van der Waals surface area contributed by atoms with Crippen LogP contribution in [0.2, 0.25) is 0 Å². The minimum absolute atomic E-state index is 0.320. The van der Waals surface area contributed by atoms with E-state index in [9.17, 15) is 4.79 Å². The normalized spacial score (nSPS) is 26.7. The quantitative estimate of drug-likeness (QED) is 0.862. The number of likely N-dealkylation sites (N-methyl/N-ethyl adjacent to an activating group) is 1. The fraction of sp³-hybridized carbons (Fsp3) is 0.941. The second kappa shape index (κ2) is 6.66. The summed E-state index contributed by atoms with van der Waals surface area (Å²) in [5, 5.41) is 3.31. The second-order valence-corrected chi connectivity index (χ2v) is 7.48. The Morgan fingerprint density at radius 2 is 1.76 bits per heavy atom. The van der Waals surface area contributed by atoms with Crippen LogP contribution in [0, 0.1) is 5.41 Å². The minimum Gasteiger partial charge on any atom is -0.339 e. The monoisotopic (exact) mass is 293 g/mol. The van der Waals surface area contributed by atoms with Gasteiger partial charge in [-0.05, 0) is 51.0 Å². The zero-order valence-corrected chi connectivity index (χ0v) is 13.6. The predicted octanol–water partition coefficient (Wildman–Crippen LogP) is 1.85. The number of hydrogen-bond donors (Lipinski definition) is 1. The van der Waals surface area contributed by atoms with Crippen LogP contribution in [0.1, 0.15) is 51.4 Å². The zero-order chi connectivity index (χ0) is 14.7. The first-order valence-corrected chi connectivity index (χ1v) is 8.87. The maximum absolute atomic E-state index is 12.4. The molecule has 4 heteroatoms. The summed E-state index contributed by atoms with van der Waals surface area (Å²) in [5.74, 6) is 0.320. The van der Waals surface area contributed by atoms with E-state index >= 15 is 0 Å². The van der Waals surface area contributed by atoms with E-state index in [1.54, 1.807) is 0 Å². The Balaban J connectivity index is 1.45. The fourth-order valence-electron chi connectivity index (χ4n) is 4.64. The number of nitrogens with one attached hydrogen (secondary N) is 1. The molecule has 1 heterocycles. The van der Waals surface area contributed by atoms with E-state index in [-0.39, 0.29) is 0 Å². The molecular formula is C17H31N3O. The van der Waals surface area contributed by atoms with Gasteiger partial charge < -0.3 is 10.2 Å². The first kappa shape index (κ1) is 15.3. The summed E-state index contributed by atoms with van der Waals surface area (Å²) in [5.41, 5.74) is 0.694. The molecule has 0 unspecified atom stereocenters. The van der Waals surface area contributed by atoms with E-state index in [2.05, 4.69) is 17.3 Å². The molecule has 1 saturated heterocycles. The van der Waals surface area contributed by atoms with Crippen LogP contribution in [0.3, 0.4) is 0 Å². The maximum Gasteiger partial charge on any atom is 0.236 e. The number of hydrogen-bond acceptors (Lipinski definition) is 3. The molecule has 1 N–H and O–H groups in total. The Morgan fingerprint density at radius 3 is 2.38 bits per heavy atom. The highest BCUT2D eigenvalue weighted by molar-refractivity contribution is 5.78. The van der Waals surface area contributed by atoms with Gasteiger partial charge in [-0.3, -0.25) is 9.69 Å². The molecule has 2 saturated carbocycles. The Bertz CT molecular complexity index is 349. The van der Waals surface area contributed by atoms with E-state index < -0.39 is 0 Å². The SMILES string of the molecule is CN(CC(=O)N1CCNCC1)C1CCC2(CCCC2)CC1. The third-order valence-corrected chi connectivity index (χ3v) is 6.16. The van der Waals surface area contributed by atoms with Gasteiger partial charge in [0, 0.05) is 32.2 Å². The van der Waals surface area contributed by atoms with E-state index in [1.165, 1.54) is 51.4 Å². The summed E-state index contributed by atoms with van der Waals surface area (Å²) in [6.07, 6.45) is 11.2. The molecule has 3 aliphatic rings. The summed E-state index contributed by atoms with van der Waals surface area (Å²) in [4.78, 5) is 16.7. The lowest BCUT2D eigenvalue weighted by Gasteiger charge is -2.41. The number of carbonyl (C=O) groups is 1. The van der Waals surface area contributed by atoms with Crippen molar-refractivity contribution in [1.29, 1.82) is 0 Å². The molecule has 0 aromatic heterocycles. The highest BCUT2D eigenvalue weighted by atomic mass is 16.2. The van der Waals surface area contributed by atoms with Gasteiger partial charge in [0.15, 0.2) is 0 Å². The van der Waals surface area contributed by atoms with Gasteiger partial charge >= 0.3 is 0 Å². The van der Waals surface area contributed by atoms with Crippen molar-refractivity contribution in [3.8, 4) is 0 Å². The van der Waals surface area contributed by atoms with Crippen LogP contribution in [0.25, 0.3) is 0 Å². The lowest BCUT2D eigenvalue weighted by Crippen LogP contribution is -2.50. The predicted molar refractivity (Wildman–Crippen MR) is 85.2 cm³/mol. The van der Waals surface area contributed by atoms with Gasteiger partial charge in [0.1, 0.15) is 0 Å². The van der Waals surface area contributed by atoms with Crippen LogP contribution < -0.4 is 5.32 Å². The lowest BCUT2D eigenvalue weighted by atomic mass is 9.71. The largest absolute Gasteiger partial charge is 0.339 e. The Labute approximate surface area is 129 Å². The molecule has 1 spiro atoms. The molecular weight excluding hydrogens is 262 g/mol. The summed E-state index contributed by atoms with van der Waals surface area (Å²) in [7, 11) is 2.15. The first-order valence-electron chi connectivity index (χ1n) is 8.87. The number of piperazine rings is 1. The van der Waals surface area contributed by atoms with Crippen molar-refractivity contribution in [2.75, 3.05) is 39.8 Å². The van der Waals surface area contributed by atoms with E-state index in [4.69, 9.17) is 0 Å². The molecule has 0 bridgehead atoms. The van der Waals surface area contributed by atoms with Crippen molar-refractivity contribution in [2.24, 2.45) is 5.41 Å². The van der Waals surface area contributed by atoms with Gasteiger partial charge in [0.2, 0.25) is 5.91 Å². The van der Waals surface area contributed by atoms with Gasteiger partial charge in [-0.2, -0.15) is 0 Å². The Hall–Kier alpha value is -0.610. The summed E-state index contributed by atoms with van der Waals surface area (Å²) >= 11 is 0. The van der Waals surface area contributed by atoms with Gasteiger partial charge in [-0.1, -0.05) is 12.8 Å². The van der Waals surface area contributed by atoms with Crippen LogP contribution in [0.4, 0.5) is 0 Å². The third kappa shape index (κ3) is 3.59. The van der Waals surface area contributed by atoms with E-state index in [1.807, 2.05) is 4.90 Å². The molecule has 0 atom stereocenters.